The van der Waals surface area contributed by atoms with E-state index in [1.807, 2.05) is 19.9 Å². The number of aromatic nitrogens is 1. The second kappa shape index (κ2) is 5.31. The van der Waals surface area contributed by atoms with Gasteiger partial charge in [-0.25, -0.2) is 9.37 Å². The molecule has 4 heteroatoms. The van der Waals surface area contributed by atoms with Gasteiger partial charge in [0.2, 0.25) is 0 Å². The largest absolute Gasteiger partial charge is 0.385 e. The average Bonchev–Trinajstić information content (AvgIpc) is 2.34. The highest BCUT2D eigenvalue weighted by atomic mass is 19.1. The van der Waals surface area contributed by atoms with Crippen molar-refractivity contribution in [1.82, 2.24) is 4.98 Å². The Morgan fingerprint density at radius 1 is 1.39 bits per heavy atom. The minimum absolute atomic E-state index is 0.298. The predicted molar refractivity (Wildman–Crippen MR) is 71.3 cm³/mol. The molecule has 96 valence electrons. The van der Waals surface area contributed by atoms with Gasteiger partial charge in [-0.15, -0.1) is 0 Å². The second-order valence-electron chi connectivity index (χ2n) is 4.21. The number of halogens is 1. The number of aryl methyl sites for hydroxylation is 1. The normalized spacial score (nSPS) is 10.9. The quantitative estimate of drug-likeness (QED) is 0.901. The van der Waals surface area contributed by atoms with Crippen LogP contribution in [0.5, 0.6) is 0 Å². The fraction of sp³-hybridized carbons (Fsp3) is 0.357. The number of nitrogens with one attached hydrogen (secondary N) is 1. The van der Waals surface area contributed by atoms with Crippen molar-refractivity contribution in [2.45, 2.75) is 20.5 Å². The van der Waals surface area contributed by atoms with E-state index in [2.05, 4.69) is 10.3 Å². The molecule has 0 radical (unpaired) electrons. The number of rotatable bonds is 4. The first kappa shape index (κ1) is 12.8. The lowest BCUT2D eigenvalue weighted by atomic mass is 10.1. The molecular weight excluding hydrogens is 231 g/mol. The van der Waals surface area contributed by atoms with Crippen LogP contribution in [-0.2, 0) is 11.3 Å². The zero-order valence-electron chi connectivity index (χ0n) is 10.9. The number of hydrogen-bond acceptors (Lipinski definition) is 3. The summed E-state index contributed by atoms with van der Waals surface area (Å²) in [5.41, 5.74) is 3.05. The highest BCUT2D eigenvalue weighted by Gasteiger charge is 2.11. The lowest BCUT2D eigenvalue weighted by Crippen LogP contribution is -2.03. The van der Waals surface area contributed by atoms with Crippen LogP contribution in [0, 0.1) is 12.7 Å². The van der Waals surface area contributed by atoms with Crippen LogP contribution in [0.2, 0.25) is 0 Å². The van der Waals surface area contributed by atoms with Gasteiger partial charge in [-0.2, -0.15) is 0 Å². The highest BCUT2D eigenvalue weighted by molar-refractivity contribution is 5.94. The van der Waals surface area contributed by atoms with E-state index in [-0.39, 0.29) is 5.82 Å². The van der Waals surface area contributed by atoms with Gasteiger partial charge >= 0.3 is 0 Å². The maximum atomic E-state index is 13.9. The van der Waals surface area contributed by atoms with Gasteiger partial charge in [0.25, 0.3) is 0 Å². The molecule has 0 atom stereocenters. The van der Waals surface area contributed by atoms with Crippen molar-refractivity contribution in [3.8, 4) is 0 Å². The van der Waals surface area contributed by atoms with Crippen molar-refractivity contribution in [3.05, 3.63) is 35.3 Å². The van der Waals surface area contributed by atoms with Crippen LogP contribution in [0.15, 0.2) is 18.2 Å². The van der Waals surface area contributed by atoms with E-state index in [1.165, 1.54) is 6.07 Å². The Hall–Kier alpha value is -1.68. The van der Waals surface area contributed by atoms with Crippen LogP contribution in [0.1, 0.15) is 18.2 Å². The van der Waals surface area contributed by atoms with Crippen molar-refractivity contribution in [2.75, 3.05) is 19.0 Å². The minimum atomic E-state index is -0.298. The van der Waals surface area contributed by atoms with Gasteiger partial charge in [-0.3, -0.25) is 0 Å². The molecule has 0 saturated heterocycles. The van der Waals surface area contributed by atoms with Crippen molar-refractivity contribution >= 4 is 16.6 Å². The lowest BCUT2D eigenvalue weighted by molar-refractivity contribution is 0.182. The molecule has 2 aromatic rings. The molecule has 1 heterocycles. The number of pyridine rings is 1. The molecule has 0 aliphatic rings. The summed E-state index contributed by atoms with van der Waals surface area (Å²) in [6.07, 6.45) is 0. The molecule has 0 spiro atoms. The molecule has 0 amide bonds. The maximum Gasteiger partial charge on any atom is 0.149 e. The zero-order chi connectivity index (χ0) is 13.1. The fourth-order valence-corrected chi connectivity index (χ4v) is 2.08. The molecule has 1 aromatic heterocycles. The molecule has 1 aromatic carbocycles. The molecule has 0 aliphatic heterocycles. The number of ether oxygens (including phenoxy) is 1. The molecule has 3 nitrogen and oxygen atoms in total. The predicted octanol–water partition coefficient (Wildman–Crippen LogP) is 3.26. The number of benzene rings is 1. The third-order valence-electron chi connectivity index (χ3n) is 2.83. The number of methoxy groups -OCH3 is 1. The fourth-order valence-electron chi connectivity index (χ4n) is 2.08. The molecule has 0 saturated carbocycles. The smallest absolute Gasteiger partial charge is 0.149 e. The summed E-state index contributed by atoms with van der Waals surface area (Å²) in [4.78, 5) is 4.33. The minimum Gasteiger partial charge on any atom is -0.385 e. The van der Waals surface area contributed by atoms with E-state index in [9.17, 15) is 4.39 Å². The van der Waals surface area contributed by atoms with E-state index in [1.54, 1.807) is 13.2 Å². The van der Waals surface area contributed by atoms with Crippen molar-refractivity contribution in [3.63, 3.8) is 0 Å². The SMILES string of the molecule is CCNc1cc(COC)nc2c(F)ccc(C)c12. The maximum absolute atomic E-state index is 13.9. The number of anilines is 1. The van der Waals surface area contributed by atoms with E-state index >= 15 is 0 Å². The zero-order valence-corrected chi connectivity index (χ0v) is 10.9. The Morgan fingerprint density at radius 3 is 2.83 bits per heavy atom. The third kappa shape index (κ3) is 2.29. The van der Waals surface area contributed by atoms with E-state index in [0.29, 0.717) is 12.1 Å². The summed E-state index contributed by atoms with van der Waals surface area (Å²) < 4.78 is 18.9. The number of fused-ring (bicyclic) bond motifs is 1. The average molecular weight is 248 g/mol. The standard InChI is InChI=1S/C14H17FN2O/c1-4-16-12-7-10(8-18-3)17-14-11(15)6-5-9(2)13(12)14/h5-7H,4,8H2,1-3H3,(H,16,17). The van der Waals surface area contributed by atoms with E-state index in [0.717, 1.165) is 28.9 Å². The van der Waals surface area contributed by atoms with Gasteiger partial charge < -0.3 is 10.1 Å². The van der Waals surface area contributed by atoms with Crippen LogP contribution in [0.3, 0.4) is 0 Å². The van der Waals surface area contributed by atoms with Crippen LogP contribution < -0.4 is 5.32 Å². The second-order valence-corrected chi connectivity index (χ2v) is 4.21. The molecule has 18 heavy (non-hydrogen) atoms. The lowest BCUT2D eigenvalue weighted by Gasteiger charge is -2.12. The van der Waals surface area contributed by atoms with Crippen LogP contribution in [0.4, 0.5) is 10.1 Å². The van der Waals surface area contributed by atoms with Gasteiger partial charge in [0, 0.05) is 24.7 Å². The summed E-state index contributed by atoms with van der Waals surface area (Å²) in [6, 6.07) is 5.15. The Kier molecular flexibility index (Phi) is 3.77. The molecule has 2 rings (SSSR count). The van der Waals surface area contributed by atoms with Gasteiger partial charge in [0.1, 0.15) is 11.3 Å². The number of hydrogen-bond donors (Lipinski definition) is 1. The van der Waals surface area contributed by atoms with E-state index < -0.39 is 0 Å². The number of nitrogens with zero attached hydrogens (tertiary/aromatic N) is 1. The summed E-state index contributed by atoms with van der Waals surface area (Å²) in [5, 5.41) is 4.10. The topological polar surface area (TPSA) is 34.1 Å². The van der Waals surface area contributed by atoms with Crippen LogP contribution in [-0.4, -0.2) is 18.6 Å². The molecule has 0 aliphatic carbocycles. The third-order valence-corrected chi connectivity index (χ3v) is 2.83. The molecule has 0 bridgehead atoms. The van der Waals surface area contributed by atoms with Crippen molar-refractivity contribution in [2.24, 2.45) is 0 Å². The Morgan fingerprint density at radius 2 is 2.17 bits per heavy atom. The first-order valence-corrected chi connectivity index (χ1v) is 5.99. The summed E-state index contributed by atoms with van der Waals surface area (Å²) in [5.74, 6) is -0.298. The molecular formula is C14H17FN2O. The Bertz CT molecular complexity index is 569. The molecule has 0 unspecified atom stereocenters. The van der Waals surface area contributed by atoms with Crippen molar-refractivity contribution < 1.29 is 9.13 Å². The van der Waals surface area contributed by atoms with Gasteiger partial charge in [0.15, 0.2) is 0 Å². The summed E-state index contributed by atoms with van der Waals surface area (Å²) >= 11 is 0. The van der Waals surface area contributed by atoms with Gasteiger partial charge in [-0.05, 0) is 31.5 Å². The Labute approximate surface area is 106 Å². The van der Waals surface area contributed by atoms with Crippen molar-refractivity contribution in [1.29, 1.82) is 0 Å². The molecule has 1 N–H and O–H groups in total. The monoisotopic (exact) mass is 248 g/mol. The summed E-state index contributed by atoms with van der Waals surface area (Å²) in [7, 11) is 1.60. The first-order valence-electron chi connectivity index (χ1n) is 5.99. The van der Waals surface area contributed by atoms with Crippen LogP contribution in [0.25, 0.3) is 10.9 Å². The van der Waals surface area contributed by atoms with Gasteiger partial charge in [-0.1, -0.05) is 6.07 Å². The van der Waals surface area contributed by atoms with E-state index in [4.69, 9.17) is 4.74 Å². The highest BCUT2D eigenvalue weighted by Crippen LogP contribution is 2.28. The molecule has 0 fully saturated rings. The summed E-state index contributed by atoms with van der Waals surface area (Å²) in [6.45, 7) is 5.13. The van der Waals surface area contributed by atoms with Crippen LogP contribution >= 0.6 is 0 Å². The Balaban J connectivity index is 2.72. The van der Waals surface area contributed by atoms with Gasteiger partial charge in [0.05, 0.1) is 12.3 Å². The first-order chi connectivity index (χ1) is 8.67.